The summed E-state index contributed by atoms with van der Waals surface area (Å²) >= 11 is 5.99. The predicted molar refractivity (Wildman–Crippen MR) is 127 cm³/mol. The Balaban J connectivity index is 2.45. The van der Waals surface area contributed by atoms with E-state index in [1.54, 1.807) is 48.5 Å². The number of carbonyl (C=O) groups excluding carboxylic acids is 2. The van der Waals surface area contributed by atoms with Crippen molar-refractivity contribution in [1.82, 2.24) is 14.5 Å². The molecule has 0 saturated heterocycles. The second-order valence-electron chi connectivity index (χ2n) is 7.62. The van der Waals surface area contributed by atoms with Crippen molar-refractivity contribution in [2.24, 2.45) is 0 Å². The number of nitrogens with one attached hydrogen (secondary N) is 1. The lowest BCUT2D eigenvalue weighted by Crippen LogP contribution is -2.47. The fraction of sp³-hybridized carbons (Fsp3) is 0.391. The van der Waals surface area contributed by atoms with Crippen molar-refractivity contribution in [3.63, 3.8) is 0 Å². The number of benzene rings is 2. The van der Waals surface area contributed by atoms with E-state index in [1.807, 2.05) is 13.0 Å². The molecule has 0 heterocycles. The molecule has 9 heteroatoms. The van der Waals surface area contributed by atoms with Crippen molar-refractivity contribution >= 4 is 33.4 Å². The van der Waals surface area contributed by atoms with E-state index in [9.17, 15) is 18.0 Å². The zero-order valence-corrected chi connectivity index (χ0v) is 20.2. The first-order valence-electron chi connectivity index (χ1n) is 10.4. The number of nitrogens with zero attached hydrogens (tertiary/aromatic N) is 2. The van der Waals surface area contributed by atoms with Crippen LogP contribution >= 0.6 is 11.6 Å². The first-order valence-corrected chi connectivity index (χ1v) is 12.6. The molecule has 0 saturated carbocycles. The van der Waals surface area contributed by atoms with Gasteiger partial charge < -0.3 is 10.2 Å². The molecule has 1 N–H and O–H groups in total. The lowest BCUT2D eigenvalue weighted by atomic mass is 10.0. The van der Waals surface area contributed by atoms with Crippen LogP contribution in [0.3, 0.4) is 0 Å². The zero-order valence-electron chi connectivity index (χ0n) is 18.6. The van der Waals surface area contributed by atoms with Crippen LogP contribution in [0.5, 0.6) is 0 Å². The standard InChI is InChI=1S/C23H30ClN3O4S/c1-4-5-15-25-23(29)22(19-9-7-6-8-10-19)27(16-18-11-13-20(24)14-12-18)21(28)17-26(2)32(3,30)31/h6-14,22H,4-5,15-17H2,1-3H3,(H,25,29)/t22-/m0/s1. The summed E-state index contributed by atoms with van der Waals surface area (Å²) in [6.07, 6.45) is 2.77. The van der Waals surface area contributed by atoms with E-state index < -0.39 is 22.0 Å². The fourth-order valence-corrected chi connectivity index (χ4v) is 3.57. The third kappa shape index (κ3) is 7.62. The maximum atomic E-state index is 13.3. The molecule has 32 heavy (non-hydrogen) atoms. The van der Waals surface area contributed by atoms with Gasteiger partial charge in [0.25, 0.3) is 0 Å². The molecule has 2 amide bonds. The quantitative estimate of drug-likeness (QED) is 0.501. The summed E-state index contributed by atoms with van der Waals surface area (Å²) in [5, 5.41) is 3.47. The van der Waals surface area contributed by atoms with E-state index in [2.05, 4.69) is 5.32 Å². The molecule has 174 valence electrons. The van der Waals surface area contributed by atoms with E-state index in [0.717, 1.165) is 29.0 Å². The Bertz CT molecular complexity index is 998. The summed E-state index contributed by atoms with van der Waals surface area (Å²) in [5.41, 5.74) is 1.41. The number of unbranched alkanes of at least 4 members (excludes halogenated alkanes) is 1. The Hall–Kier alpha value is -2.42. The van der Waals surface area contributed by atoms with Gasteiger partial charge in [-0.15, -0.1) is 0 Å². The smallest absolute Gasteiger partial charge is 0.247 e. The molecule has 0 aliphatic heterocycles. The molecule has 0 unspecified atom stereocenters. The number of carbonyl (C=O) groups is 2. The summed E-state index contributed by atoms with van der Waals surface area (Å²) in [5.74, 6) is -0.790. The van der Waals surface area contributed by atoms with E-state index in [4.69, 9.17) is 11.6 Å². The first-order chi connectivity index (χ1) is 15.1. The molecule has 7 nitrogen and oxygen atoms in total. The van der Waals surface area contributed by atoms with Gasteiger partial charge >= 0.3 is 0 Å². The Morgan fingerprint density at radius 1 is 1.06 bits per heavy atom. The number of halogens is 1. The molecule has 2 rings (SSSR count). The Kier molecular flexibility index (Phi) is 9.68. The molecule has 1 atom stereocenters. The zero-order chi connectivity index (χ0) is 23.7. The topological polar surface area (TPSA) is 86.8 Å². The number of rotatable bonds is 11. The van der Waals surface area contributed by atoms with Gasteiger partial charge in [0, 0.05) is 25.2 Å². The van der Waals surface area contributed by atoms with Crippen LogP contribution in [0.1, 0.15) is 36.9 Å². The maximum Gasteiger partial charge on any atom is 0.247 e. The minimum Gasteiger partial charge on any atom is -0.354 e. The Morgan fingerprint density at radius 2 is 1.69 bits per heavy atom. The SMILES string of the molecule is CCCCNC(=O)[C@H](c1ccccc1)N(Cc1ccc(Cl)cc1)C(=O)CN(C)S(C)(=O)=O. The highest BCUT2D eigenvalue weighted by Crippen LogP contribution is 2.25. The second-order valence-corrected chi connectivity index (χ2v) is 10.2. The molecule has 0 aliphatic rings. The minimum absolute atomic E-state index is 0.119. The average molecular weight is 480 g/mol. The number of hydrogen-bond donors (Lipinski definition) is 1. The molecule has 0 fully saturated rings. The number of amides is 2. The van der Waals surface area contributed by atoms with Gasteiger partial charge in [0.05, 0.1) is 12.8 Å². The van der Waals surface area contributed by atoms with Crippen molar-refractivity contribution in [3.8, 4) is 0 Å². The van der Waals surface area contributed by atoms with Crippen LogP contribution < -0.4 is 5.32 Å². The normalized spacial score (nSPS) is 12.4. The van der Waals surface area contributed by atoms with Crippen LogP contribution in [0.2, 0.25) is 5.02 Å². The van der Waals surface area contributed by atoms with Crippen LogP contribution in [0.4, 0.5) is 0 Å². The summed E-state index contributed by atoms with van der Waals surface area (Å²) in [6.45, 7) is 2.26. The second kappa shape index (κ2) is 12.0. The average Bonchev–Trinajstić information content (AvgIpc) is 2.75. The molecule has 0 aliphatic carbocycles. The third-order valence-electron chi connectivity index (χ3n) is 5.02. The van der Waals surface area contributed by atoms with Crippen molar-refractivity contribution in [3.05, 3.63) is 70.7 Å². The summed E-state index contributed by atoms with van der Waals surface area (Å²) in [7, 11) is -2.23. The van der Waals surface area contributed by atoms with Crippen LogP contribution in [-0.4, -0.2) is 55.8 Å². The van der Waals surface area contributed by atoms with Gasteiger partial charge in [-0.3, -0.25) is 9.59 Å². The molecule has 0 radical (unpaired) electrons. The van der Waals surface area contributed by atoms with Gasteiger partial charge in [0.1, 0.15) is 6.04 Å². The Morgan fingerprint density at radius 3 is 2.25 bits per heavy atom. The molecular weight excluding hydrogens is 450 g/mol. The first kappa shape index (κ1) is 25.8. The number of sulfonamides is 1. The van der Waals surface area contributed by atoms with Crippen LogP contribution in [0.15, 0.2) is 54.6 Å². The molecule has 2 aromatic carbocycles. The van der Waals surface area contributed by atoms with Crippen LogP contribution in [0, 0.1) is 0 Å². The van der Waals surface area contributed by atoms with Gasteiger partial charge in [-0.1, -0.05) is 67.4 Å². The van der Waals surface area contributed by atoms with E-state index in [0.29, 0.717) is 17.1 Å². The van der Waals surface area contributed by atoms with Gasteiger partial charge in [0.15, 0.2) is 0 Å². The Labute approximate surface area is 195 Å². The summed E-state index contributed by atoms with van der Waals surface area (Å²) in [4.78, 5) is 28.0. The van der Waals surface area contributed by atoms with E-state index in [-0.39, 0.29) is 19.0 Å². The lowest BCUT2D eigenvalue weighted by Gasteiger charge is -2.32. The van der Waals surface area contributed by atoms with Gasteiger partial charge in [0.2, 0.25) is 21.8 Å². The van der Waals surface area contributed by atoms with E-state index in [1.165, 1.54) is 11.9 Å². The monoisotopic (exact) mass is 479 g/mol. The van der Waals surface area contributed by atoms with Crippen LogP contribution in [-0.2, 0) is 26.2 Å². The molecule has 0 aromatic heterocycles. The van der Waals surface area contributed by atoms with Gasteiger partial charge in [-0.2, -0.15) is 4.31 Å². The van der Waals surface area contributed by atoms with Crippen molar-refractivity contribution in [1.29, 1.82) is 0 Å². The highest BCUT2D eigenvalue weighted by atomic mass is 35.5. The molecule has 0 bridgehead atoms. The van der Waals surface area contributed by atoms with Crippen molar-refractivity contribution in [2.45, 2.75) is 32.4 Å². The highest BCUT2D eigenvalue weighted by molar-refractivity contribution is 7.88. The lowest BCUT2D eigenvalue weighted by molar-refractivity contribution is -0.141. The fourth-order valence-electron chi connectivity index (χ4n) is 3.10. The minimum atomic E-state index is -3.57. The molecule has 2 aromatic rings. The van der Waals surface area contributed by atoms with Crippen LogP contribution in [0.25, 0.3) is 0 Å². The third-order valence-corrected chi connectivity index (χ3v) is 6.53. The number of hydrogen-bond acceptors (Lipinski definition) is 4. The molecular formula is C23H30ClN3O4S. The molecule has 0 spiro atoms. The largest absolute Gasteiger partial charge is 0.354 e. The highest BCUT2D eigenvalue weighted by Gasteiger charge is 2.32. The predicted octanol–water partition coefficient (Wildman–Crippen LogP) is 3.22. The van der Waals surface area contributed by atoms with Crippen molar-refractivity contribution < 1.29 is 18.0 Å². The van der Waals surface area contributed by atoms with E-state index >= 15 is 0 Å². The van der Waals surface area contributed by atoms with Gasteiger partial charge in [-0.05, 0) is 29.7 Å². The van der Waals surface area contributed by atoms with Gasteiger partial charge in [-0.25, -0.2) is 8.42 Å². The number of likely N-dealkylation sites (N-methyl/N-ethyl adjacent to an activating group) is 1. The summed E-state index contributed by atoms with van der Waals surface area (Å²) < 4.78 is 24.8. The van der Waals surface area contributed by atoms with Crippen molar-refractivity contribution in [2.75, 3.05) is 26.4 Å². The summed E-state index contributed by atoms with van der Waals surface area (Å²) in [6, 6.07) is 15.1. The maximum absolute atomic E-state index is 13.3.